The third-order valence-electron chi connectivity index (χ3n) is 10.5. The molecule has 220 valence electrons. The number of Topliss-reactive ketones (excluding diaryl/α,β-unsaturated/α-hetero) is 1. The molecule has 0 radical (unpaired) electrons. The Kier molecular flexibility index (Phi) is 7.78. The lowest BCUT2D eigenvalue weighted by Crippen LogP contribution is -2.49. The number of amides is 2. The molecule has 2 unspecified atom stereocenters. The number of nitrogen functional groups attached to an aromatic ring is 1. The van der Waals surface area contributed by atoms with E-state index in [-0.39, 0.29) is 41.8 Å². The van der Waals surface area contributed by atoms with Crippen LogP contribution in [0.2, 0.25) is 0 Å². The third-order valence-corrected chi connectivity index (χ3v) is 10.5. The lowest BCUT2D eigenvalue weighted by Gasteiger charge is -2.47. The van der Waals surface area contributed by atoms with Gasteiger partial charge >= 0.3 is 6.09 Å². The first-order valence-corrected chi connectivity index (χ1v) is 13.6. The highest BCUT2D eigenvalue weighted by Crippen LogP contribution is 2.63. The molecule has 3 fully saturated rings. The number of ketones is 1. The van der Waals surface area contributed by atoms with Crippen molar-refractivity contribution in [2.24, 2.45) is 34.0 Å². The van der Waals surface area contributed by atoms with Crippen LogP contribution in [0.4, 0.5) is 16.3 Å². The number of rotatable bonds is 4. The lowest BCUT2D eigenvalue weighted by atomic mass is 9.60. The fourth-order valence-electron chi connectivity index (χ4n) is 7.42. The number of aliphatic hydroxyl groups is 2. The van der Waals surface area contributed by atoms with Gasteiger partial charge in [-0.05, 0) is 55.4 Å². The van der Waals surface area contributed by atoms with Gasteiger partial charge in [-0.15, -0.1) is 6.58 Å². The molecule has 9 atom stereocenters. The number of alkyl carbamates (subject to hydrolysis) is 1. The number of fused-ring (bicyclic) bond motifs is 1. The summed E-state index contributed by atoms with van der Waals surface area (Å²) >= 11 is 0. The number of imide groups is 1. The standard InChI is InChI=1S/C28H39N4O8/c1-6-26(4)12-20(40-25(37)31-24(36)16-9-18(32(38)39)23(29)30-13-16)27(5)10-17-21(34)19(33)11-28(17,8-7-14(27)2)15(3)22(26)35/h6,9,13-15,17,19-20,22,33,35,38H,1,7-8,10-12H2,2-5H3,(H2,29,30)(H,31,36,37)/q-1/t14?,15-,17?,19-,20+,22-,26+,27-,28-/m0/s1. The van der Waals surface area contributed by atoms with Crippen molar-refractivity contribution in [3.8, 4) is 0 Å². The molecule has 3 aliphatic rings. The van der Waals surface area contributed by atoms with E-state index in [0.29, 0.717) is 19.3 Å². The van der Waals surface area contributed by atoms with E-state index in [2.05, 4.69) is 16.9 Å². The molecule has 1 aromatic heterocycles. The van der Waals surface area contributed by atoms with E-state index in [1.165, 1.54) is 0 Å². The van der Waals surface area contributed by atoms with Gasteiger partial charge in [-0.2, -0.15) is 0 Å². The molecule has 1 aromatic rings. The molecule has 1 heterocycles. The van der Waals surface area contributed by atoms with Crippen molar-refractivity contribution in [1.82, 2.24) is 10.3 Å². The average Bonchev–Trinajstić information content (AvgIpc) is 3.07. The summed E-state index contributed by atoms with van der Waals surface area (Å²) in [6.45, 7) is 11.7. The van der Waals surface area contributed by atoms with Gasteiger partial charge in [0.25, 0.3) is 5.91 Å². The third kappa shape index (κ3) is 4.76. The van der Waals surface area contributed by atoms with E-state index in [4.69, 9.17) is 10.5 Å². The zero-order valence-corrected chi connectivity index (χ0v) is 23.3. The Bertz CT molecular complexity index is 1210. The Morgan fingerprint density at radius 1 is 1.27 bits per heavy atom. The van der Waals surface area contributed by atoms with Gasteiger partial charge in [0.1, 0.15) is 18.0 Å². The maximum atomic E-state index is 13.3. The van der Waals surface area contributed by atoms with Gasteiger partial charge in [0.05, 0.1) is 17.4 Å². The van der Waals surface area contributed by atoms with Gasteiger partial charge in [0.15, 0.2) is 5.78 Å². The smallest absolute Gasteiger partial charge is 0.414 e. The van der Waals surface area contributed by atoms with Crippen LogP contribution in [0.1, 0.15) is 70.2 Å². The number of aromatic nitrogens is 1. The van der Waals surface area contributed by atoms with E-state index >= 15 is 0 Å². The summed E-state index contributed by atoms with van der Waals surface area (Å²) in [5, 5.41) is 44.5. The van der Waals surface area contributed by atoms with Crippen LogP contribution in [0.25, 0.3) is 0 Å². The van der Waals surface area contributed by atoms with Crippen molar-refractivity contribution in [1.29, 1.82) is 0 Å². The van der Waals surface area contributed by atoms with E-state index in [9.17, 15) is 35.0 Å². The Morgan fingerprint density at radius 3 is 2.58 bits per heavy atom. The van der Waals surface area contributed by atoms with Gasteiger partial charge in [-0.1, -0.05) is 33.8 Å². The molecule has 2 bridgehead atoms. The van der Waals surface area contributed by atoms with Crippen molar-refractivity contribution in [3.63, 3.8) is 0 Å². The molecular formula is C28H39N4O8-. The minimum atomic E-state index is -1.12. The summed E-state index contributed by atoms with van der Waals surface area (Å²) in [6, 6.07) is 0.982. The predicted molar refractivity (Wildman–Crippen MR) is 145 cm³/mol. The monoisotopic (exact) mass is 559 g/mol. The highest BCUT2D eigenvalue weighted by molar-refractivity contribution is 6.03. The van der Waals surface area contributed by atoms with Crippen LogP contribution in [0.5, 0.6) is 0 Å². The Labute approximate surface area is 233 Å². The quantitative estimate of drug-likeness (QED) is 0.268. The molecule has 6 N–H and O–H groups in total. The number of aliphatic hydroxyl groups excluding tert-OH is 2. The summed E-state index contributed by atoms with van der Waals surface area (Å²) in [4.78, 5) is 43.0. The van der Waals surface area contributed by atoms with Crippen LogP contribution in [0.15, 0.2) is 24.9 Å². The number of nitrogens with two attached hydrogens (primary N) is 1. The zero-order chi connectivity index (χ0) is 29.8. The van der Waals surface area contributed by atoms with Crippen molar-refractivity contribution in [2.45, 2.75) is 78.1 Å². The highest BCUT2D eigenvalue weighted by atomic mass is 16.8. The van der Waals surface area contributed by atoms with E-state index in [1.807, 2.05) is 27.7 Å². The summed E-state index contributed by atoms with van der Waals surface area (Å²) in [5.74, 6) is -2.36. The van der Waals surface area contributed by atoms with Crippen molar-refractivity contribution < 1.29 is 34.5 Å². The SMILES string of the molecule is C=C[C@]1(C)C[C@@H](OC(=O)NC(=O)c2cnc(N)c(N([O-])O)c2)[C@@]2(C)CC3C(=O)[C@@H](O)C[C@@]3(CCC2C)[C@@H](C)[C@@H]1O. The molecule has 40 heavy (non-hydrogen) atoms. The van der Waals surface area contributed by atoms with Gasteiger partial charge < -0.3 is 31.1 Å². The summed E-state index contributed by atoms with van der Waals surface area (Å²) in [5.41, 5.74) is 2.60. The number of hydrogen-bond acceptors (Lipinski definition) is 11. The second-order valence-electron chi connectivity index (χ2n) is 12.5. The first-order valence-electron chi connectivity index (χ1n) is 13.6. The number of pyridine rings is 1. The van der Waals surface area contributed by atoms with Gasteiger partial charge in [0.2, 0.25) is 0 Å². The second kappa shape index (κ2) is 10.4. The van der Waals surface area contributed by atoms with Crippen LogP contribution in [-0.4, -0.2) is 56.5 Å². The maximum absolute atomic E-state index is 13.3. The second-order valence-corrected chi connectivity index (χ2v) is 12.5. The molecule has 0 spiro atoms. The summed E-state index contributed by atoms with van der Waals surface area (Å²) < 4.78 is 5.95. The molecule has 0 saturated heterocycles. The Morgan fingerprint density at radius 2 is 1.95 bits per heavy atom. The van der Waals surface area contributed by atoms with Gasteiger partial charge in [-0.25, -0.2) is 9.78 Å². The van der Waals surface area contributed by atoms with Crippen LogP contribution in [-0.2, 0) is 9.53 Å². The number of anilines is 2. The fourth-order valence-corrected chi connectivity index (χ4v) is 7.42. The topological polar surface area (TPSA) is 198 Å². The van der Waals surface area contributed by atoms with Crippen LogP contribution < -0.4 is 16.3 Å². The van der Waals surface area contributed by atoms with Crippen LogP contribution >= 0.6 is 0 Å². The zero-order valence-electron chi connectivity index (χ0n) is 23.3. The predicted octanol–water partition coefficient (Wildman–Crippen LogP) is 2.95. The van der Waals surface area contributed by atoms with E-state index in [1.54, 1.807) is 6.08 Å². The van der Waals surface area contributed by atoms with E-state index < -0.39 is 63.4 Å². The summed E-state index contributed by atoms with van der Waals surface area (Å²) in [7, 11) is 0. The Hall–Kier alpha value is -3.06. The number of hydrogen-bond donors (Lipinski definition) is 5. The molecule has 0 aliphatic heterocycles. The fraction of sp³-hybridized carbons (Fsp3) is 0.643. The van der Waals surface area contributed by atoms with Gasteiger partial charge in [0, 0.05) is 22.9 Å². The lowest BCUT2D eigenvalue weighted by molar-refractivity contribution is -0.130. The Balaban J connectivity index is 1.69. The molecule has 0 aromatic carbocycles. The molecule has 2 amide bonds. The number of ether oxygens (including phenoxy) is 1. The average molecular weight is 560 g/mol. The van der Waals surface area contributed by atoms with Crippen molar-refractivity contribution in [3.05, 3.63) is 35.7 Å². The normalized spacial score (nSPS) is 39.2. The van der Waals surface area contributed by atoms with Crippen molar-refractivity contribution in [2.75, 3.05) is 11.0 Å². The van der Waals surface area contributed by atoms with Crippen LogP contribution in [0, 0.1) is 39.2 Å². The van der Waals surface area contributed by atoms with Crippen molar-refractivity contribution >= 4 is 29.3 Å². The first kappa shape index (κ1) is 29.9. The first-order chi connectivity index (χ1) is 18.6. The largest absolute Gasteiger partial charge is 0.733 e. The molecule has 4 rings (SSSR count). The minimum Gasteiger partial charge on any atom is -0.733 e. The number of nitrogens with zero attached hydrogens (tertiary/aromatic N) is 2. The molecule has 3 saturated carbocycles. The molecular weight excluding hydrogens is 520 g/mol. The number of carbonyl (C=O) groups is 3. The molecule has 3 aliphatic carbocycles. The molecule has 12 nitrogen and oxygen atoms in total. The summed E-state index contributed by atoms with van der Waals surface area (Å²) in [6.07, 6.45) is 0.872. The van der Waals surface area contributed by atoms with Crippen LogP contribution in [0.3, 0.4) is 0 Å². The minimum absolute atomic E-state index is 0.00127. The maximum Gasteiger partial charge on any atom is 0.414 e. The van der Waals surface area contributed by atoms with E-state index in [0.717, 1.165) is 12.3 Å². The van der Waals surface area contributed by atoms with Gasteiger partial charge in [-0.3, -0.25) is 20.1 Å². The highest BCUT2D eigenvalue weighted by Gasteiger charge is 2.64. The molecule has 12 heteroatoms. The number of carbonyl (C=O) groups excluding carboxylic acids is 3. The number of nitrogens with one attached hydrogen (secondary N) is 1.